The van der Waals surface area contributed by atoms with Crippen molar-refractivity contribution in [1.29, 1.82) is 0 Å². The van der Waals surface area contributed by atoms with Crippen LogP contribution in [0.15, 0.2) is 333 Å². The average molecular weight is 1310 g/mol. The highest BCUT2D eigenvalue weighted by Gasteiger charge is 2.34. The molecule has 6 heterocycles. The van der Waals surface area contributed by atoms with Gasteiger partial charge < -0.3 is 18.6 Å². The summed E-state index contributed by atoms with van der Waals surface area (Å²) >= 11 is 7.86. The predicted molar refractivity (Wildman–Crippen MR) is 388 cm³/mol. The van der Waals surface area contributed by atoms with Crippen molar-refractivity contribution in [3.8, 4) is 66.8 Å². The van der Waals surface area contributed by atoms with E-state index in [0.29, 0.717) is 0 Å². The molecule has 0 radical (unpaired) electrons. The fourth-order valence-corrected chi connectivity index (χ4v) is 15.1. The summed E-state index contributed by atoms with van der Waals surface area (Å²) in [6.45, 7) is 0. The molecule has 4 aliphatic rings. The Kier molecular flexibility index (Phi) is 13.9. The van der Waals surface area contributed by atoms with Gasteiger partial charge in [0.1, 0.15) is 11.2 Å². The Bertz CT molecular complexity index is 5450. The molecule has 18 rings (SSSR count). The maximum atomic E-state index is 6.94. The lowest BCUT2D eigenvalue weighted by Crippen LogP contribution is -2.34. The number of rotatable bonds is 8. The van der Waals surface area contributed by atoms with Gasteiger partial charge in [0, 0.05) is 88.9 Å². The molecule has 0 amide bonds. The molecular weight excluding hydrogens is 1260 g/mol. The molecular formula is C84H54Br2N4O2. The summed E-state index contributed by atoms with van der Waals surface area (Å²) in [5, 5.41) is 4.31. The molecule has 0 fully saturated rings. The van der Waals surface area contributed by atoms with Gasteiger partial charge in [-0.2, -0.15) is 0 Å². The van der Waals surface area contributed by atoms with E-state index in [0.717, 1.165) is 114 Å². The van der Waals surface area contributed by atoms with Crippen LogP contribution in [0.4, 0.5) is 22.7 Å². The molecule has 4 aromatic heterocycles. The van der Waals surface area contributed by atoms with Crippen LogP contribution in [0.5, 0.6) is 0 Å². The Morgan fingerprint density at radius 3 is 1.40 bits per heavy atom. The van der Waals surface area contributed by atoms with Crippen molar-refractivity contribution in [2.75, 3.05) is 9.80 Å². The number of aromatic nitrogens is 2. The number of halogens is 2. The van der Waals surface area contributed by atoms with Crippen molar-refractivity contribution in [1.82, 2.24) is 9.97 Å². The van der Waals surface area contributed by atoms with E-state index in [-0.39, 0.29) is 12.1 Å². The number of allylic oxidation sites excluding steroid dienone is 4. The Hall–Kier alpha value is -10.9. The maximum absolute atomic E-state index is 6.94. The second kappa shape index (κ2) is 23.2. The van der Waals surface area contributed by atoms with E-state index in [2.05, 4.69) is 331 Å². The fourth-order valence-electron chi connectivity index (χ4n) is 14.0. The molecule has 2 atom stereocenters. The highest BCUT2D eigenvalue weighted by Crippen LogP contribution is 2.52. The number of benzene rings is 10. The molecule has 0 saturated heterocycles. The Morgan fingerprint density at radius 1 is 0.337 bits per heavy atom. The van der Waals surface area contributed by atoms with Crippen molar-refractivity contribution < 1.29 is 8.83 Å². The monoisotopic (exact) mass is 1310 g/mol. The molecule has 6 nitrogen and oxygen atoms in total. The highest BCUT2D eigenvalue weighted by atomic mass is 79.9. The molecule has 2 unspecified atom stereocenters. The molecule has 0 N–H and O–H groups in total. The average Bonchev–Trinajstić information content (AvgIpc) is 1.45. The zero-order valence-corrected chi connectivity index (χ0v) is 52.7. The summed E-state index contributed by atoms with van der Waals surface area (Å²) in [6.07, 6.45) is 29.7. The Balaban J connectivity index is 0.000000141. The third-order valence-electron chi connectivity index (χ3n) is 18.1. The molecule has 436 valence electrons. The van der Waals surface area contributed by atoms with Crippen LogP contribution < -0.4 is 9.80 Å². The number of anilines is 4. The fraction of sp³-hybridized carbons (Fsp3) is 0.0238. The molecule has 10 aromatic carbocycles. The highest BCUT2D eigenvalue weighted by molar-refractivity contribution is 9.11. The number of fused-ring (bicyclic) bond motifs is 10. The van der Waals surface area contributed by atoms with Gasteiger partial charge in [-0.1, -0.05) is 228 Å². The zero-order chi connectivity index (χ0) is 61.2. The Morgan fingerprint density at radius 2 is 0.826 bits per heavy atom. The molecule has 2 aliphatic carbocycles. The number of furan rings is 2. The lowest BCUT2D eigenvalue weighted by molar-refractivity contribution is 0.666. The quantitative estimate of drug-likeness (QED) is 0.151. The van der Waals surface area contributed by atoms with Crippen LogP contribution in [0.25, 0.3) is 123 Å². The first kappa shape index (κ1) is 55.2. The molecule has 0 bridgehead atoms. The van der Waals surface area contributed by atoms with Crippen molar-refractivity contribution in [2.24, 2.45) is 0 Å². The van der Waals surface area contributed by atoms with Gasteiger partial charge >= 0.3 is 0 Å². The van der Waals surface area contributed by atoms with Gasteiger partial charge in [-0.3, -0.25) is 9.97 Å². The first-order valence-electron chi connectivity index (χ1n) is 30.9. The van der Waals surface area contributed by atoms with Gasteiger partial charge in [-0.15, -0.1) is 0 Å². The molecule has 0 spiro atoms. The van der Waals surface area contributed by atoms with Gasteiger partial charge in [0.05, 0.1) is 23.5 Å². The van der Waals surface area contributed by atoms with E-state index >= 15 is 0 Å². The number of nitrogens with zero attached hydrogens (tertiary/aromatic N) is 4. The summed E-state index contributed by atoms with van der Waals surface area (Å²) < 4.78 is 15.7. The molecule has 92 heavy (non-hydrogen) atoms. The van der Waals surface area contributed by atoms with Gasteiger partial charge in [0.2, 0.25) is 0 Å². The number of hydrogen-bond acceptors (Lipinski definition) is 6. The Labute approximate surface area is 549 Å². The summed E-state index contributed by atoms with van der Waals surface area (Å²) in [7, 11) is 0. The first-order valence-corrected chi connectivity index (χ1v) is 32.4. The zero-order valence-electron chi connectivity index (χ0n) is 49.5. The lowest BCUT2D eigenvalue weighted by Gasteiger charge is -2.38. The van der Waals surface area contributed by atoms with Crippen LogP contribution in [0.1, 0.15) is 11.1 Å². The van der Waals surface area contributed by atoms with E-state index in [1.165, 1.54) is 50.2 Å². The molecule has 14 aromatic rings. The van der Waals surface area contributed by atoms with E-state index in [1.54, 1.807) is 6.20 Å². The van der Waals surface area contributed by atoms with E-state index in [9.17, 15) is 0 Å². The van der Waals surface area contributed by atoms with Crippen molar-refractivity contribution >= 4 is 111 Å². The minimum atomic E-state index is 0.0291. The van der Waals surface area contributed by atoms with Crippen molar-refractivity contribution in [2.45, 2.75) is 12.1 Å². The summed E-state index contributed by atoms with van der Waals surface area (Å²) in [4.78, 5) is 13.6. The van der Waals surface area contributed by atoms with Crippen LogP contribution in [-0.4, -0.2) is 22.1 Å². The molecule has 8 heteroatoms. The van der Waals surface area contributed by atoms with E-state index in [4.69, 9.17) is 8.83 Å². The van der Waals surface area contributed by atoms with E-state index in [1.807, 2.05) is 30.7 Å². The SMILES string of the molecule is Brc1cc(-c2ccccc2-c2cccnc2)cc2oc3c(N4c5cccc(-c6ccccc6)c5C=C5C=CC=CC54)ccc(Br)c3c12.C1=CC2=Cc3c(-c4ccccc4)cccc3N(c3cccc4c3oc3cc(-c5ccccc5-c5cccnc5)ccc34)C2C=C1. The number of hydrogen-bond donors (Lipinski definition) is 0. The summed E-state index contributed by atoms with van der Waals surface area (Å²) in [5.74, 6) is 0. The van der Waals surface area contributed by atoms with Crippen LogP contribution in [0.3, 0.4) is 0 Å². The van der Waals surface area contributed by atoms with Gasteiger partial charge in [0.15, 0.2) is 11.2 Å². The van der Waals surface area contributed by atoms with E-state index < -0.39 is 0 Å². The van der Waals surface area contributed by atoms with Crippen LogP contribution in [-0.2, 0) is 0 Å². The number of para-hydroxylation sites is 1. The minimum absolute atomic E-state index is 0.0291. The normalized spacial score (nSPS) is 15.2. The van der Waals surface area contributed by atoms with Crippen molar-refractivity contribution in [3.63, 3.8) is 0 Å². The second-order valence-corrected chi connectivity index (χ2v) is 25.1. The van der Waals surface area contributed by atoms with Gasteiger partial charge in [-0.05, 0) is 162 Å². The molecule has 0 saturated carbocycles. The van der Waals surface area contributed by atoms with Gasteiger partial charge in [0.25, 0.3) is 0 Å². The summed E-state index contributed by atoms with van der Waals surface area (Å²) in [6, 6.07) is 81.5. The minimum Gasteiger partial charge on any atom is -0.454 e. The van der Waals surface area contributed by atoms with Crippen LogP contribution >= 0.6 is 31.9 Å². The van der Waals surface area contributed by atoms with Gasteiger partial charge in [-0.25, -0.2) is 0 Å². The third kappa shape index (κ3) is 9.52. The van der Waals surface area contributed by atoms with Crippen LogP contribution in [0, 0.1) is 0 Å². The first-order chi connectivity index (χ1) is 45.5. The lowest BCUT2D eigenvalue weighted by atomic mass is 9.87. The standard InChI is InChI=1S/C42H26Br2N2O.C42H28N2O/c43-34-19-20-38(46-36-17-7-4-12-27(36)22-33-30(16-8-18-37(33)46)26-10-2-1-3-11-26)42-41(34)40-35(44)23-29(24-39(40)47-42)32-15-6-5-14-31(32)28-13-9-21-45-25-28;1-2-11-28(12-3-1)32-17-8-20-39-37(32)25-30-13-4-7-19-38(30)44(39)40-21-9-18-36-35-23-22-29(26-41(35)45-42(36)40)33-15-5-6-16-34(33)31-14-10-24-43-27-31/h1-25,36H;1-27,38H. The van der Waals surface area contributed by atoms with Crippen molar-refractivity contribution in [3.05, 3.63) is 335 Å². The van der Waals surface area contributed by atoms with Crippen LogP contribution in [0.2, 0.25) is 0 Å². The number of pyridine rings is 2. The predicted octanol–water partition coefficient (Wildman–Crippen LogP) is 23.5. The third-order valence-corrected chi connectivity index (χ3v) is 19.4. The molecule has 2 aliphatic heterocycles. The topological polar surface area (TPSA) is 58.5 Å². The smallest absolute Gasteiger partial charge is 0.160 e. The largest absolute Gasteiger partial charge is 0.454 e. The maximum Gasteiger partial charge on any atom is 0.160 e. The second-order valence-electron chi connectivity index (χ2n) is 23.4. The summed E-state index contributed by atoms with van der Waals surface area (Å²) in [5.41, 5.74) is 26.5.